The molecule has 6 heteroatoms. The number of rotatable bonds is 2. The highest BCUT2D eigenvalue weighted by atomic mass is 35.5. The van der Waals surface area contributed by atoms with Crippen molar-refractivity contribution >= 4 is 12.4 Å². The fourth-order valence-electron chi connectivity index (χ4n) is 2.08. The third-order valence-electron chi connectivity index (χ3n) is 3.07. The Morgan fingerprint density at radius 1 is 1.44 bits per heavy atom. The van der Waals surface area contributed by atoms with Gasteiger partial charge in [-0.15, -0.1) is 17.5 Å². The van der Waals surface area contributed by atoms with Crippen molar-refractivity contribution < 1.29 is 0 Å². The van der Waals surface area contributed by atoms with Gasteiger partial charge < -0.3 is 5.32 Å². The van der Waals surface area contributed by atoms with Gasteiger partial charge in [0.1, 0.15) is 0 Å². The van der Waals surface area contributed by atoms with E-state index in [1.807, 2.05) is 4.68 Å². The Bertz CT molecular complexity index is 371. The molecule has 0 saturated carbocycles. The number of nitrogens with zero attached hydrogens (tertiary/aromatic N) is 4. The van der Waals surface area contributed by atoms with Gasteiger partial charge >= 0.3 is 0 Å². The molecule has 0 aliphatic carbocycles. The van der Waals surface area contributed by atoms with Crippen molar-refractivity contribution in [3.8, 4) is 0 Å². The quantitative estimate of drug-likeness (QED) is 0.881. The van der Waals surface area contributed by atoms with Crippen molar-refractivity contribution in [3.05, 3.63) is 11.9 Å². The van der Waals surface area contributed by atoms with Crippen LogP contribution in [0.25, 0.3) is 0 Å². The normalized spacial score (nSPS) is 21.7. The van der Waals surface area contributed by atoms with Gasteiger partial charge in [-0.3, -0.25) is 4.90 Å². The van der Waals surface area contributed by atoms with Crippen molar-refractivity contribution in [3.63, 3.8) is 0 Å². The van der Waals surface area contributed by atoms with Crippen molar-refractivity contribution in [2.75, 3.05) is 19.6 Å². The van der Waals surface area contributed by atoms with Gasteiger partial charge in [0, 0.05) is 32.2 Å². The van der Waals surface area contributed by atoms with Crippen LogP contribution in [0.4, 0.5) is 0 Å². The number of piperazine rings is 1. The average molecular weight is 274 g/mol. The Morgan fingerprint density at radius 3 is 2.72 bits per heavy atom. The van der Waals surface area contributed by atoms with E-state index in [1.54, 1.807) is 0 Å². The van der Waals surface area contributed by atoms with Gasteiger partial charge in [-0.2, -0.15) is 0 Å². The molecule has 0 bridgehead atoms. The lowest BCUT2D eigenvalue weighted by Gasteiger charge is -2.31. The van der Waals surface area contributed by atoms with Crippen LogP contribution in [-0.2, 0) is 12.1 Å². The molecule has 0 radical (unpaired) electrons. The Hall–Kier alpha value is -0.650. The Labute approximate surface area is 115 Å². The lowest BCUT2D eigenvalue weighted by atomic mass is 10.1. The maximum Gasteiger partial charge on any atom is 0.0967 e. The first-order valence-corrected chi connectivity index (χ1v) is 6.32. The van der Waals surface area contributed by atoms with Crippen molar-refractivity contribution in [2.45, 2.75) is 45.8 Å². The number of hydrogen-bond donors (Lipinski definition) is 1. The Morgan fingerprint density at radius 2 is 2.17 bits per heavy atom. The van der Waals surface area contributed by atoms with Gasteiger partial charge in [-0.25, -0.2) is 4.68 Å². The smallest absolute Gasteiger partial charge is 0.0967 e. The van der Waals surface area contributed by atoms with Gasteiger partial charge in [0.15, 0.2) is 0 Å². The molecule has 0 amide bonds. The van der Waals surface area contributed by atoms with E-state index < -0.39 is 0 Å². The summed E-state index contributed by atoms with van der Waals surface area (Å²) in [5.41, 5.74) is 1.08. The Kier molecular flexibility index (Phi) is 5.13. The summed E-state index contributed by atoms with van der Waals surface area (Å²) in [4.78, 5) is 2.43. The van der Waals surface area contributed by atoms with Crippen LogP contribution in [0.15, 0.2) is 6.20 Å². The summed E-state index contributed by atoms with van der Waals surface area (Å²) in [5, 5.41) is 11.9. The second kappa shape index (κ2) is 5.99. The lowest BCUT2D eigenvalue weighted by molar-refractivity contribution is 0.197. The SMILES string of the molecule is CC1CN(Cc2cn(C(C)(C)C)nn2)CCN1.Cl. The van der Waals surface area contributed by atoms with Crippen LogP contribution in [-0.4, -0.2) is 45.6 Å². The fourth-order valence-corrected chi connectivity index (χ4v) is 2.08. The minimum atomic E-state index is 0. The molecule has 2 heterocycles. The zero-order valence-corrected chi connectivity index (χ0v) is 12.5. The van der Waals surface area contributed by atoms with Gasteiger partial charge in [-0.05, 0) is 27.7 Å². The van der Waals surface area contributed by atoms with Crippen LogP contribution in [0.2, 0.25) is 0 Å². The van der Waals surface area contributed by atoms with E-state index in [2.05, 4.69) is 54.4 Å². The summed E-state index contributed by atoms with van der Waals surface area (Å²) in [5.74, 6) is 0. The summed E-state index contributed by atoms with van der Waals surface area (Å²) in [7, 11) is 0. The van der Waals surface area contributed by atoms with E-state index >= 15 is 0 Å². The molecule has 104 valence electrons. The van der Waals surface area contributed by atoms with Crippen molar-refractivity contribution in [2.24, 2.45) is 0 Å². The van der Waals surface area contributed by atoms with Gasteiger partial charge in [0.25, 0.3) is 0 Å². The topological polar surface area (TPSA) is 46.0 Å². The molecular formula is C12H24ClN5. The maximum absolute atomic E-state index is 4.25. The van der Waals surface area contributed by atoms with Crippen LogP contribution < -0.4 is 5.32 Å². The molecule has 1 saturated heterocycles. The number of halogens is 1. The average Bonchev–Trinajstić information content (AvgIpc) is 2.65. The molecule has 0 aromatic carbocycles. The summed E-state index contributed by atoms with van der Waals surface area (Å²) >= 11 is 0. The molecule has 0 spiro atoms. The molecule has 1 N–H and O–H groups in total. The molecule has 1 unspecified atom stereocenters. The van der Waals surface area contributed by atoms with E-state index in [0.717, 1.165) is 31.9 Å². The molecule has 1 aromatic rings. The summed E-state index contributed by atoms with van der Waals surface area (Å²) in [6, 6.07) is 0.571. The molecule has 1 aromatic heterocycles. The zero-order valence-electron chi connectivity index (χ0n) is 11.7. The van der Waals surface area contributed by atoms with Crippen LogP contribution in [0.3, 0.4) is 0 Å². The number of nitrogens with one attached hydrogen (secondary N) is 1. The fraction of sp³-hybridized carbons (Fsp3) is 0.833. The molecule has 5 nitrogen and oxygen atoms in total. The molecule has 1 aliphatic heterocycles. The first kappa shape index (κ1) is 15.4. The molecule has 1 fully saturated rings. The highest BCUT2D eigenvalue weighted by Gasteiger charge is 2.19. The van der Waals surface area contributed by atoms with Gasteiger partial charge in [-0.1, -0.05) is 5.21 Å². The predicted molar refractivity (Wildman–Crippen MR) is 75.0 cm³/mol. The summed E-state index contributed by atoms with van der Waals surface area (Å²) in [6.07, 6.45) is 2.06. The van der Waals surface area contributed by atoms with E-state index in [-0.39, 0.29) is 17.9 Å². The Balaban J connectivity index is 0.00000162. The molecule has 1 aliphatic rings. The zero-order chi connectivity index (χ0) is 12.5. The molecular weight excluding hydrogens is 250 g/mol. The third-order valence-corrected chi connectivity index (χ3v) is 3.07. The van der Waals surface area contributed by atoms with E-state index in [4.69, 9.17) is 0 Å². The lowest BCUT2D eigenvalue weighted by Crippen LogP contribution is -2.48. The minimum Gasteiger partial charge on any atom is -0.312 e. The first-order valence-electron chi connectivity index (χ1n) is 6.32. The molecule has 2 rings (SSSR count). The second-order valence-electron chi connectivity index (χ2n) is 5.92. The number of aromatic nitrogens is 3. The van der Waals surface area contributed by atoms with E-state index in [0.29, 0.717) is 6.04 Å². The van der Waals surface area contributed by atoms with E-state index in [1.165, 1.54) is 0 Å². The first-order chi connectivity index (χ1) is 7.95. The molecule has 1 atom stereocenters. The van der Waals surface area contributed by atoms with Gasteiger partial charge in [0.2, 0.25) is 0 Å². The molecule has 18 heavy (non-hydrogen) atoms. The number of hydrogen-bond acceptors (Lipinski definition) is 4. The third kappa shape index (κ3) is 3.93. The maximum atomic E-state index is 4.25. The van der Waals surface area contributed by atoms with Crippen molar-refractivity contribution in [1.29, 1.82) is 0 Å². The van der Waals surface area contributed by atoms with Crippen LogP contribution in [0.1, 0.15) is 33.4 Å². The van der Waals surface area contributed by atoms with Crippen LogP contribution >= 0.6 is 12.4 Å². The summed E-state index contributed by atoms with van der Waals surface area (Å²) in [6.45, 7) is 12.8. The highest BCUT2D eigenvalue weighted by Crippen LogP contribution is 2.13. The largest absolute Gasteiger partial charge is 0.312 e. The van der Waals surface area contributed by atoms with E-state index in [9.17, 15) is 0 Å². The van der Waals surface area contributed by atoms with Crippen molar-refractivity contribution in [1.82, 2.24) is 25.2 Å². The second-order valence-corrected chi connectivity index (χ2v) is 5.92. The predicted octanol–water partition coefficient (Wildman–Crippen LogP) is 1.25. The monoisotopic (exact) mass is 273 g/mol. The highest BCUT2D eigenvalue weighted by molar-refractivity contribution is 5.85. The minimum absolute atomic E-state index is 0. The van der Waals surface area contributed by atoms with Crippen LogP contribution in [0.5, 0.6) is 0 Å². The summed E-state index contributed by atoms with van der Waals surface area (Å²) < 4.78 is 1.94. The van der Waals surface area contributed by atoms with Crippen LogP contribution in [0, 0.1) is 0 Å². The van der Waals surface area contributed by atoms with Gasteiger partial charge in [0.05, 0.1) is 17.4 Å². The standard InChI is InChI=1S/C12H23N5.ClH/c1-10-7-16(6-5-13-10)8-11-9-17(15-14-11)12(2,3)4;/h9-10,13H,5-8H2,1-4H3;1H.